The van der Waals surface area contributed by atoms with Crippen LogP contribution in [0.1, 0.15) is 66.2 Å². The molecule has 1 aromatic heterocycles. The Labute approximate surface area is 168 Å². The first-order valence-electron chi connectivity index (χ1n) is 10.8. The van der Waals surface area contributed by atoms with Crippen molar-refractivity contribution in [3.8, 4) is 0 Å². The van der Waals surface area contributed by atoms with Gasteiger partial charge in [-0.05, 0) is 31.1 Å². The van der Waals surface area contributed by atoms with E-state index in [1.807, 2.05) is 4.90 Å². The number of nitrogens with zero attached hydrogens (tertiary/aromatic N) is 2. The van der Waals surface area contributed by atoms with Crippen molar-refractivity contribution in [1.29, 1.82) is 0 Å². The summed E-state index contributed by atoms with van der Waals surface area (Å²) in [5, 5.41) is 0. The molecule has 7 heteroatoms. The van der Waals surface area contributed by atoms with Crippen LogP contribution in [0, 0.1) is 11.8 Å². The van der Waals surface area contributed by atoms with E-state index in [0.717, 1.165) is 19.3 Å². The minimum absolute atomic E-state index is 0.258. The smallest absolute Gasteiger partial charge is 0.330 e. The molecule has 3 N–H and O–H groups in total. The number of ether oxygens (including phenoxy) is 1. The van der Waals surface area contributed by atoms with Gasteiger partial charge < -0.3 is 15.4 Å². The van der Waals surface area contributed by atoms with E-state index >= 15 is 0 Å². The molecule has 0 amide bonds. The van der Waals surface area contributed by atoms with Crippen molar-refractivity contribution in [3.63, 3.8) is 0 Å². The van der Waals surface area contributed by atoms with Gasteiger partial charge in [0.15, 0.2) is 0 Å². The molecule has 2 unspecified atom stereocenters. The van der Waals surface area contributed by atoms with Crippen molar-refractivity contribution in [1.82, 2.24) is 9.55 Å². The summed E-state index contributed by atoms with van der Waals surface area (Å²) in [4.78, 5) is 29.2. The third-order valence-corrected chi connectivity index (χ3v) is 5.58. The Morgan fingerprint density at radius 1 is 1.29 bits per heavy atom. The van der Waals surface area contributed by atoms with Crippen LogP contribution in [0.3, 0.4) is 0 Å². The second kappa shape index (κ2) is 10.7. The lowest BCUT2D eigenvalue weighted by atomic mass is 9.88. The van der Waals surface area contributed by atoms with E-state index in [9.17, 15) is 9.59 Å². The highest BCUT2D eigenvalue weighted by Crippen LogP contribution is 2.26. The Balaban J connectivity index is 2.19. The number of hydrogen-bond donors (Lipinski definition) is 2. The van der Waals surface area contributed by atoms with Gasteiger partial charge in [0.1, 0.15) is 11.5 Å². The first-order chi connectivity index (χ1) is 13.3. The number of unbranched alkanes of at least 4 members (excludes halogenated alkanes) is 1. The number of nitrogens with one attached hydrogen (secondary N) is 1. The molecule has 0 aliphatic heterocycles. The van der Waals surface area contributed by atoms with Gasteiger partial charge in [0.2, 0.25) is 0 Å². The summed E-state index contributed by atoms with van der Waals surface area (Å²) in [5.41, 5.74) is 5.84. The minimum Gasteiger partial charge on any atom is -0.383 e. The average Bonchev–Trinajstić information content (AvgIpc) is 2.62. The lowest BCUT2D eigenvalue weighted by Crippen LogP contribution is -2.41. The molecule has 0 spiro atoms. The molecule has 2 rings (SSSR count). The third kappa shape index (κ3) is 5.87. The lowest BCUT2D eigenvalue weighted by molar-refractivity contribution is -0.00141. The van der Waals surface area contributed by atoms with Crippen LogP contribution in [0.15, 0.2) is 9.59 Å². The van der Waals surface area contributed by atoms with Gasteiger partial charge >= 0.3 is 5.69 Å². The maximum absolute atomic E-state index is 12.6. The van der Waals surface area contributed by atoms with Gasteiger partial charge in [-0.15, -0.1) is 0 Å². The number of nitrogen functional groups attached to an aromatic ring is 1. The Kier molecular flexibility index (Phi) is 8.60. The molecule has 1 saturated carbocycles. The normalized spacial score (nSPS) is 19.9. The fourth-order valence-electron chi connectivity index (χ4n) is 4.00. The van der Waals surface area contributed by atoms with Crippen molar-refractivity contribution in [2.24, 2.45) is 11.8 Å². The molecular formula is C21H38N4O3. The van der Waals surface area contributed by atoms with Gasteiger partial charge in [0.25, 0.3) is 5.56 Å². The van der Waals surface area contributed by atoms with Crippen LogP contribution in [-0.4, -0.2) is 35.4 Å². The second-order valence-corrected chi connectivity index (χ2v) is 8.51. The van der Waals surface area contributed by atoms with E-state index in [4.69, 9.17) is 10.5 Å². The summed E-state index contributed by atoms with van der Waals surface area (Å²) in [5.74, 6) is 1.19. The van der Waals surface area contributed by atoms with E-state index < -0.39 is 11.2 Å². The number of H-pyrrole nitrogens is 1. The highest BCUT2D eigenvalue weighted by atomic mass is 16.5. The highest BCUT2D eigenvalue weighted by molar-refractivity contribution is 5.62. The molecule has 0 radical (unpaired) electrons. The number of aromatic amines is 1. The zero-order valence-electron chi connectivity index (χ0n) is 18.0. The minimum atomic E-state index is -0.434. The summed E-state index contributed by atoms with van der Waals surface area (Å²) in [7, 11) is 0. The quantitative estimate of drug-likeness (QED) is 0.636. The second-order valence-electron chi connectivity index (χ2n) is 8.51. The molecule has 160 valence electrons. The Bertz CT molecular complexity index is 725. The molecule has 1 heterocycles. The molecule has 2 atom stereocenters. The van der Waals surface area contributed by atoms with Gasteiger partial charge in [-0.1, -0.05) is 47.0 Å². The molecule has 1 aliphatic rings. The van der Waals surface area contributed by atoms with Crippen molar-refractivity contribution >= 4 is 11.5 Å². The summed E-state index contributed by atoms with van der Waals surface area (Å²) in [6.45, 7) is 10.8. The molecule has 1 aliphatic carbocycles. The van der Waals surface area contributed by atoms with Crippen LogP contribution < -0.4 is 21.9 Å². The van der Waals surface area contributed by atoms with Crippen molar-refractivity contribution in [2.75, 3.05) is 30.3 Å². The number of anilines is 2. The number of rotatable bonds is 10. The molecule has 0 aromatic carbocycles. The number of nitrogens with two attached hydrogens (primary N) is 1. The Hall–Kier alpha value is -1.76. The van der Waals surface area contributed by atoms with Gasteiger partial charge in [-0.3, -0.25) is 14.3 Å². The largest absolute Gasteiger partial charge is 0.383 e. The Morgan fingerprint density at radius 3 is 2.64 bits per heavy atom. The van der Waals surface area contributed by atoms with E-state index in [0.29, 0.717) is 49.9 Å². The van der Waals surface area contributed by atoms with Crippen LogP contribution in [0.4, 0.5) is 11.5 Å². The fourth-order valence-corrected chi connectivity index (χ4v) is 4.00. The number of hydrogen-bond acceptors (Lipinski definition) is 5. The van der Waals surface area contributed by atoms with Crippen molar-refractivity contribution in [3.05, 3.63) is 20.8 Å². The summed E-state index contributed by atoms with van der Waals surface area (Å²) < 4.78 is 7.65. The SMILES string of the molecule is CCCCn1c(N)c(N(CCOC2CCCCC2C)CC(C)C)c(=O)[nH]c1=O. The summed E-state index contributed by atoms with van der Waals surface area (Å²) in [6.07, 6.45) is 6.91. The first kappa shape index (κ1) is 22.5. The molecule has 0 bridgehead atoms. The van der Waals surface area contributed by atoms with E-state index in [2.05, 4.69) is 32.7 Å². The van der Waals surface area contributed by atoms with Crippen LogP contribution in [0.25, 0.3) is 0 Å². The topological polar surface area (TPSA) is 93.3 Å². The molecule has 7 nitrogen and oxygen atoms in total. The van der Waals surface area contributed by atoms with Gasteiger partial charge in [0, 0.05) is 19.6 Å². The van der Waals surface area contributed by atoms with Crippen LogP contribution in [-0.2, 0) is 11.3 Å². The van der Waals surface area contributed by atoms with Crippen molar-refractivity contribution in [2.45, 2.75) is 78.9 Å². The highest BCUT2D eigenvalue weighted by Gasteiger charge is 2.23. The molecule has 1 fully saturated rings. The van der Waals surface area contributed by atoms with Gasteiger partial charge in [0.05, 0.1) is 12.7 Å². The lowest BCUT2D eigenvalue weighted by Gasteiger charge is -2.31. The standard InChI is InChI=1S/C21H38N4O3/c1-5-6-11-25-19(22)18(20(26)23-21(25)27)24(14-15(2)3)12-13-28-17-10-8-7-9-16(17)4/h15-17H,5-14,22H2,1-4H3,(H,23,26,27). The fraction of sp³-hybridized carbons (Fsp3) is 0.810. The Morgan fingerprint density at radius 2 is 2.00 bits per heavy atom. The maximum Gasteiger partial charge on any atom is 0.330 e. The van der Waals surface area contributed by atoms with Gasteiger partial charge in [-0.2, -0.15) is 0 Å². The van der Waals surface area contributed by atoms with Crippen LogP contribution in [0.5, 0.6) is 0 Å². The first-order valence-corrected chi connectivity index (χ1v) is 10.8. The third-order valence-electron chi connectivity index (χ3n) is 5.58. The monoisotopic (exact) mass is 394 g/mol. The van der Waals surface area contributed by atoms with Gasteiger partial charge in [-0.25, -0.2) is 4.79 Å². The zero-order chi connectivity index (χ0) is 20.7. The van der Waals surface area contributed by atoms with E-state index in [-0.39, 0.29) is 5.82 Å². The number of aromatic nitrogens is 2. The summed E-state index contributed by atoms with van der Waals surface area (Å²) >= 11 is 0. The molecular weight excluding hydrogens is 356 g/mol. The van der Waals surface area contributed by atoms with Crippen LogP contribution >= 0.6 is 0 Å². The molecule has 1 aromatic rings. The predicted molar refractivity (Wildman–Crippen MR) is 115 cm³/mol. The average molecular weight is 395 g/mol. The van der Waals surface area contributed by atoms with E-state index in [1.54, 1.807) is 0 Å². The maximum atomic E-state index is 12.6. The molecule has 0 saturated heterocycles. The predicted octanol–water partition coefficient (Wildman–Crippen LogP) is 2.98. The van der Waals surface area contributed by atoms with Crippen molar-refractivity contribution < 1.29 is 4.74 Å². The zero-order valence-corrected chi connectivity index (χ0v) is 18.0. The van der Waals surface area contributed by atoms with Crippen LogP contribution in [0.2, 0.25) is 0 Å². The summed E-state index contributed by atoms with van der Waals surface area (Å²) in [6, 6.07) is 0. The molecule has 28 heavy (non-hydrogen) atoms. The van der Waals surface area contributed by atoms with E-state index in [1.165, 1.54) is 23.8 Å².